The van der Waals surface area contributed by atoms with Crippen molar-refractivity contribution in [1.82, 2.24) is 5.32 Å². The highest BCUT2D eigenvalue weighted by Crippen LogP contribution is 2.37. The predicted octanol–water partition coefficient (Wildman–Crippen LogP) is 1.73. The van der Waals surface area contributed by atoms with E-state index in [1.165, 1.54) is 0 Å². The number of hydrogen-bond donors (Lipinski definition) is 2. The van der Waals surface area contributed by atoms with Gasteiger partial charge in [0.1, 0.15) is 5.75 Å². The summed E-state index contributed by atoms with van der Waals surface area (Å²) in [5.41, 5.74) is 0.563. The first-order chi connectivity index (χ1) is 12.0. The lowest BCUT2D eigenvalue weighted by Gasteiger charge is -2.09. The van der Waals surface area contributed by atoms with Crippen LogP contribution in [0.2, 0.25) is 0 Å². The summed E-state index contributed by atoms with van der Waals surface area (Å²) in [5, 5.41) is 5.51. The van der Waals surface area contributed by atoms with E-state index in [0.29, 0.717) is 30.5 Å². The van der Waals surface area contributed by atoms with Crippen LogP contribution in [0, 0.1) is 11.8 Å². The second-order valence-corrected chi connectivity index (χ2v) is 6.03. The highest BCUT2D eigenvalue weighted by Gasteiger charge is 2.38. The molecule has 0 aromatic heterocycles. The Labute approximate surface area is 147 Å². The maximum atomic E-state index is 11.9. The third kappa shape index (κ3) is 6.45. The van der Waals surface area contributed by atoms with Gasteiger partial charge >= 0.3 is 5.97 Å². The van der Waals surface area contributed by atoms with Crippen LogP contribution in [0.15, 0.2) is 24.3 Å². The Kier molecular flexibility index (Phi) is 6.80. The molecule has 1 aliphatic carbocycles. The van der Waals surface area contributed by atoms with Gasteiger partial charge < -0.3 is 20.1 Å². The van der Waals surface area contributed by atoms with Gasteiger partial charge in [0.25, 0.3) is 0 Å². The lowest BCUT2D eigenvalue weighted by Crippen LogP contribution is -2.29. The maximum Gasteiger partial charge on any atom is 0.344 e. The van der Waals surface area contributed by atoms with Crippen molar-refractivity contribution in [2.24, 2.45) is 11.8 Å². The van der Waals surface area contributed by atoms with Gasteiger partial charge in [0.2, 0.25) is 11.8 Å². The van der Waals surface area contributed by atoms with Gasteiger partial charge in [0.15, 0.2) is 6.61 Å². The Morgan fingerprint density at radius 3 is 2.72 bits per heavy atom. The molecule has 2 amide bonds. The largest absolute Gasteiger partial charge is 0.482 e. The molecule has 0 bridgehead atoms. The first-order valence-corrected chi connectivity index (χ1v) is 8.45. The Morgan fingerprint density at radius 2 is 2.04 bits per heavy atom. The topological polar surface area (TPSA) is 93.7 Å². The van der Waals surface area contributed by atoms with Gasteiger partial charge in [-0.1, -0.05) is 13.0 Å². The number of esters is 1. The summed E-state index contributed by atoms with van der Waals surface area (Å²) in [4.78, 5) is 34.9. The molecular weight excluding hydrogens is 324 g/mol. The Balaban J connectivity index is 1.71. The standard InChI is InChI=1S/C18H24N2O5/c1-3-24-17(22)11-25-14-6-4-5-13(10-14)20-16(21)7-8-19-18(23)15-9-12(15)2/h4-6,10,12,15H,3,7-9,11H2,1-2H3,(H,19,23)(H,20,21). The van der Waals surface area contributed by atoms with E-state index in [-0.39, 0.29) is 30.8 Å². The molecule has 7 nitrogen and oxygen atoms in total. The Bertz CT molecular complexity index is 632. The van der Waals surface area contributed by atoms with Crippen LogP contribution in [0.25, 0.3) is 0 Å². The van der Waals surface area contributed by atoms with Gasteiger partial charge in [-0.15, -0.1) is 0 Å². The third-order valence-corrected chi connectivity index (χ3v) is 3.88. The van der Waals surface area contributed by atoms with Crippen molar-refractivity contribution in [3.63, 3.8) is 0 Å². The number of nitrogens with one attached hydrogen (secondary N) is 2. The number of benzene rings is 1. The average Bonchev–Trinajstić information content (AvgIpc) is 3.30. The molecule has 0 saturated heterocycles. The number of anilines is 1. The quantitative estimate of drug-likeness (QED) is 0.663. The van der Waals surface area contributed by atoms with E-state index in [4.69, 9.17) is 9.47 Å². The number of carbonyl (C=O) groups excluding carboxylic acids is 3. The first-order valence-electron chi connectivity index (χ1n) is 8.45. The molecule has 25 heavy (non-hydrogen) atoms. The van der Waals surface area contributed by atoms with E-state index in [2.05, 4.69) is 10.6 Å². The number of carbonyl (C=O) groups is 3. The summed E-state index contributed by atoms with van der Waals surface area (Å²) in [6.07, 6.45) is 1.12. The second-order valence-electron chi connectivity index (χ2n) is 6.03. The molecule has 1 aromatic rings. The molecule has 0 radical (unpaired) electrons. The van der Waals surface area contributed by atoms with Crippen LogP contribution in [0.5, 0.6) is 5.75 Å². The van der Waals surface area contributed by atoms with Crippen LogP contribution in [0.3, 0.4) is 0 Å². The summed E-state index contributed by atoms with van der Waals surface area (Å²) in [6, 6.07) is 6.75. The fraction of sp³-hybridized carbons (Fsp3) is 0.500. The zero-order chi connectivity index (χ0) is 18.2. The van der Waals surface area contributed by atoms with E-state index in [1.807, 2.05) is 6.92 Å². The monoisotopic (exact) mass is 348 g/mol. The van der Waals surface area contributed by atoms with E-state index < -0.39 is 5.97 Å². The molecule has 0 aliphatic heterocycles. The van der Waals surface area contributed by atoms with E-state index >= 15 is 0 Å². The fourth-order valence-corrected chi connectivity index (χ4v) is 2.35. The zero-order valence-electron chi connectivity index (χ0n) is 14.5. The van der Waals surface area contributed by atoms with Crippen molar-refractivity contribution >= 4 is 23.5 Å². The molecule has 0 spiro atoms. The van der Waals surface area contributed by atoms with Crippen molar-refractivity contribution in [3.05, 3.63) is 24.3 Å². The van der Waals surface area contributed by atoms with Gasteiger partial charge in [-0.2, -0.15) is 0 Å². The molecule has 2 unspecified atom stereocenters. The zero-order valence-corrected chi connectivity index (χ0v) is 14.5. The Morgan fingerprint density at radius 1 is 1.28 bits per heavy atom. The smallest absolute Gasteiger partial charge is 0.344 e. The number of rotatable bonds is 9. The summed E-state index contributed by atoms with van der Waals surface area (Å²) in [6.45, 7) is 4.19. The number of hydrogen-bond acceptors (Lipinski definition) is 5. The average molecular weight is 348 g/mol. The van der Waals surface area contributed by atoms with E-state index in [1.54, 1.807) is 31.2 Å². The third-order valence-electron chi connectivity index (χ3n) is 3.88. The van der Waals surface area contributed by atoms with Crippen LogP contribution in [-0.4, -0.2) is 37.5 Å². The lowest BCUT2D eigenvalue weighted by molar-refractivity contribution is -0.145. The molecule has 2 N–H and O–H groups in total. The number of ether oxygens (including phenoxy) is 2. The van der Waals surface area contributed by atoms with Gasteiger partial charge in [0, 0.05) is 30.6 Å². The molecule has 1 aliphatic rings. The second kappa shape index (κ2) is 9.05. The summed E-state index contributed by atoms with van der Waals surface area (Å²) >= 11 is 0. The SMILES string of the molecule is CCOC(=O)COc1cccc(NC(=O)CCNC(=O)C2CC2C)c1. The summed E-state index contributed by atoms with van der Waals surface area (Å²) in [7, 11) is 0. The molecule has 7 heteroatoms. The van der Waals surface area contributed by atoms with Gasteiger partial charge in [-0.3, -0.25) is 9.59 Å². The van der Waals surface area contributed by atoms with Crippen molar-refractivity contribution in [3.8, 4) is 5.75 Å². The van der Waals surface area contributed by atoms with Crippen LogP contribution in [-0.2, 0) is 19.1 Å². The summed E-state index contributed by atoms with van der Waals surface area (Å²) in [5.74, 6) is 0.392. The molecule has 0 heterocycles. The lowest BCUT2D eigenvalue weighted by atomic mass is 10.2. The van der Waals surface area contributed by atoms with Gasteiger partial charge in [-0.25, -0.2) is 4.79 Å². The minimum absolute atomic E-state index is 0.0228. The van der Waals surface area contributed by atoms with Gasteiger partial charge in [-0.05, 0) is 31.4 Å². The predicted molar refractivity (Wildman–Crippen MR) is 92.1 cm³/mol. The highest BCUT2D eigenvalue weighted by atomic mass is 16.6. The van der Waals surface area contributed by atoms with E-state index in [0.717, 1.165) is 6.42 Å². The molecule has 1 fully saturated rings. The minimum Gasteiger partial charge on any atom is -0.482 e. The van der Waals surface area contributed by atoms with Crippen molar-refractivity contribution in [2.45, 2.75) is 26.7 Å². The molecule has 2 rings (SSSR count). The van der Waals surface area contributed by atoms with Gasteiger partial charge in [0.05, 0.1) is 6.61 Å². The van der Waals surface area contributed by atoms with Crippen LogP contribution >= 0.6 is 0 Å². The normalized spacial score (nSPS) is 18.2. The van der Waals surface area contributed by atoms with E-state index in [9.17, 15) is 14.4 Å². The van der Waals surface area contributed by atoms with Crippen LogP contribution < -0.4 is 15.4 Å². The molecule has 2 atom stereocenters. The molecular formula is C18H24N2O5. The van der Waals surface area contributed by atoms with Crippen molar-refractivity contribution in [2.75, 3.05) is 25.1 Å². The highest BCUT2D eigenvalue weighted by molar-refractivity contribution is 5.91. The molecule has 136 valence electrons. The van der Waals surface area contributed by atoms with Crippen molar-refractivity contribution < 1.29 is 23.9 Å². The number of amides is 2. The molecule has 1 aromatic carbocycles. The van der Waals surface area contributed by atoms with Crippen molar-refractivity contribution in [1.29, 1.82) is 0 Å². The fourth-order valence-electron chi connectivity index (χ4n) is 2.35. The Hall–Kier alpha value is -2.57. The maximum absolute atomic E-state index is 11.9. The molecule has 1 saturated carbocycles. The summed E-state index contributed by atoms with van der Waals surface area (Å²) < 4.78 is 10.1. The van der Waals surface area contributed by atoms with Crippen LogP contribution in [0.1, 0.15) is 26.7 Å². The minimum atomic E-state index is -0.447. The van der Waals surface area contributed by atoms with Crippen LogP contribution in [0.4, 0.5) is 5.69 Å². The first kappa shape index (κ1) is 18.8.